The minimum Gasteiger partial charge on any atom is -0.368 e. The van der Waals surface area contributed by atoms with Crippen LogP contribution in [0.5, 0.6) is 0 Å². The van der Waals surface area contributed by atoms with Gasteiger partial charge in [-0.1, -0.05) is 27.2 Å². The Labute approximate surface area is 103 Å². The molecule has 90 valence electrons. The molecule has 0 fully saturated rings. The standard InChI is InChI=1S/C10H6BrF3N2O/c11-7-3-5(10(12,13)14)1-2-6(7)8-4-9(15)17-16-8/h1-4H,15H2. The fourth-order valence-corrected chi connectivity index (χ4v) is 1.90. The Morgan fingerprint density at radius 2 is 1.94 bits per heavy atom. The number of hydrogen-bond donors (Lipinski definition) is 1. The van der Waals surface area contributed by atoms with Gasteiger partial charge < -0.3 is 10.3 Å². The van der Waals surface area contributed by atoms with Crippen molar-refractivity contribution < 1.29 is 17.7 Å². The van der Waals surface area contributed by atoms with E-state index >= 15 is 0 Å². The van der Waals surface area contributed by atoms with Crippen LogP contribution in [0.2, 0.25) is 0 Å². The van der Waals surface area contributed by atoms with Crippen molar-refractivity contribution in [3.63, 3.8) is 0 Å². The zero-order valence-corrected chi connectivity index (χ0v) is 9.84. The van der Waals surface area contributed by atoms with Crippen molar-refractivity contribution in [3.8, 4) is 11.3 Å². The molecule has 0 aliphatic rings. The fraction of sp³-hybridized carbons (Fsp3) is 0.100. The third-order valence-electron chi connectivity index (χ3n) is 2.10. The Morgan fingerprint density at radius 3 is 2.41 bits per heavy atom. The molecule has 2 N–H and O–H groups in total. The summed E-state index contributed by atoms with van der Waals surface area (Å²) in [5, 5.41) is 3.63. The van der Waals surface area contributed by atoms with Crippen LogP contribution in [-0.2, 0) is 6.18 Å². The predicted octanol–water partition coefficient (Wildman–Crippen LogP) is 3.71. The topological polar surface area (TPSA) is 52.0 Å². The number of halogens is 4. The van der Waals surface area contributed by atoms with E-state index in [1.165, 1.54) is 12.1 Å². The number of alkyl halides is 3. The number of rotatable bonds is 1. The molecule has 0 aliphatic carbocycles. The minimum absolute atomic E-state index is 0.104. The summed E-state index contributed by atoms with van der Waals surface area (Å²) in [5.74, 6) is 0.104. The lowest BCUT2D eigenvalue weighted by atomic mass is 10.1. The largest absolute Gasteiger partial charge is 0.416 e. The molecule has 1 aromatic heterocycles. The van der Waals surface area contributed by atoms with E-state index in [4.69, 9.17) is 5.73 Å². The zero-order chi connectivity index (χ0) is 12.6. The van der Waals surface area contributed by atoms with Crippen LogP contribution in [0.3, 0.4) is 0 Å². The maximum atomic E-state index is 12.4. The van der Waals surface area contributed by atoms with Crippen molar-refractivity contribution in [1.82, 2.24) is 5.16 Å². The fourth-order valence-electron chi connectivity index (χ4n) is 1.32. The highest BCUT2D eigenvalue weighted by atomic mass is 79.9. The first-order valence-electron chi connectivity index (χ1n) is 4.47. The van der Waals surface area contributed by atoms with Gasteiger partial charge in [-0.25, -0.2) is 0 Å². The summed E-state index contributed by atoms with van der Waals surface area (Å²) in [7, 11) is 0. The molecule has 0 atom stereocenters. The first kappa shape index (κ1) is 12.0. The van der Waals surface area contributed by atoms with Gasteiger partial charge in [-0.05, 0) is 12.1 Å². The van der Waals surface area contributed by atoms with Crippen LogP contribution in [0.4, 0.5) is 19.1 Å². The normalized spacial score (nSPS) is 11.8. The van der Waals surface area contributed by atoms with Crippen molar-refractivity contribution in [2.45, 2.75) is 6.18 Å². The van der Waals surface area contributed by atoms with Gasteiger partial charge in [0, 0.05) is 16.1 Å². The molecule has 0 unspecified atom stereocenters. The zero-order valence-electron chi connectivity index (χ0n) is 8.25. The molecule has 2 aromatic rings. The van der Waals surface area contributed by atoms with Gasteiger partial charge in [-0.15, -0.1) is 0 Å². The highest BCUT2D eigenvalue weighted by Crippen LogP contribution is 2.35. The van der Waals surface area contributed by atoms with Crippen LogP contribution in [0.1, 0.15) is 5.56 Å². The number of anilines is 1. The van der Waals surface area contributed by atoms with Gasteiger partial charge in [0.2, 0.25) is 5.88 Å². The Morgan fingerprint density at radius 1 is 1.24 bits per heavy atom. The first-order chi connectivity index (χ1) is 7.88. The van der Waals surface area contributed by atoms with Crippen molar-refractivity contribution in [1.29, 1.82) is 0 Å². The summed E-state index contributed by atoms with van der Waals surface area (Å²) >= 11 is 3.06. The van der Waals surface area contributed by atoms with Crippen molar-refractivity contribution in [2.24, 2.45) is 0 Å². The maximum absolute atomic E-state index is 12.4. The second-order valence-corrected chi connectivity index (χ2v) is 4.16. The van der Waals surface area contributed by atoms with E-state index in [-0.39, 0.29) is 10.4 Å². The molecule has 0 aliphatic heterocycles. The van der Waals surface area contributed by atoms with Gasteiger partial charge in [0.15, 0.2) is 0 Å². The second-order valence-electron chi connectivity index (χ2n) is 3.31. The minimum atomic E-state index is -4.37. The van der Waals surface area contributed by atoms with E-state index in [0.29, 0.717) is 11.3 Å². The van der Waals surface area contributed by atoms with Crippen molar-refractivity contribution >= 4 is 21.8 Å². The molecule has 0 amide bonds. The molecule has 17 heavy (non-hydrogen) atoms. The number of hydrogen-bond acceptors (Lipinski definition) is 3. The number of benzene rings is 1. The lowest BCUT2D eigenvalue weighted by Crippen LogP contribution is -2.04. The van der Waals surface area contributed by atoms with Crippen LogP contribution in [0, 0.1) is 0 Å². The molecule has 3 nitrogen and oxygen atoms in total. The van der Waals surface area contributed by atoms with E-state index in [1.54, 1.807) is 0 Å². The van der Waals surface area contributed by atoms with E-state index in [1.807, 2.05) is 0 Å². The molecular formula is C10H6BrF3N2O. The van der Waals surface area contributed by atoms with E-state index in [2.05, 4.69) is 25.6 Å². The second kappa shape index (κ2) is 4.06. The summed E-state index contributed by atoms with van der Waals surface area (Å²) in [6.45, 7) is 0. The van der Waals surface area contributed by atoms with Crippen LogP contribution in [-0.4, -0.2) is 5.16 Å². The van der Waals surface area contributed by atoms with Gasteiger partial charge in [-0.2, -0.15) is 13.2 Å². The molecule has 0 radical (unpaired) electrons. The molecule has 1 heterocycles. The lowest BCUT2D eigenvalue weighted by Gasteiger charge is -2.08. The van der Waals surface area contributed by atoms with E-state index in [0.717, 1.165) is 12.1 Å². The summed E-state index contributed by atoms with van der Waals surface area (Å²) < 4.78 is 42.2. The number of nitrogens with zero attached hydrogens (tertiary/aromatic N) is 1. The van der Waals surface area contributed by atoms with Gasteiger partial charge >= 0.3 is 6.18 Å². The lowest BCUT2D eigenvalue weighted by molar-refractivity contribution is -0.137. The summed E-state index contributed by atoms with van der Waals surface area (Å²) in [5.41, 5.74) is 5.47. The Hall–Kier alpha value is -1.50. The monoisotopic (exact) mass is 306 g/mol. The average molecular weight is 307 g/mol. The van der Waals surface area contributed by atoms with Gasteiger partial charge in [0.25, 0.3) is 0 Å². The summed E-state index contributed by atoms with van der Waals surface area (Å²) in [6, 6.07) is 4.71. The highest BCUT2D eigenvalue weighted by molar-refractivity contribution is 9.10. The molecule has 0 saturated carbocycles. The maximum Gasteiger partial charge on any atom is 0.416 e. The highest BCUT2D eigenvalue weighted by Gasteiger charge is 2.31. The average Bonchev–Trinajstić information content (AvgIpc) is 2.63. The Bertz CT molecular complexity index is 551. The van der Waals surface area contributed by atoms with E-state index in [9.17, 15) is 13.2 Å². The number of nitrogen functional groups attached to an aromatic ring is 1. The molecule has 7 heteroatoms. The number of aromatic nitrogens is 1. The van der Waals surface area contributed by atoms with Crippen LogP contribution >= 0.6 is 15.9 Å². The van der Waals surface area contributed by atoms with Gasteiger partial charge in [0.05, 0.1) is 5.56 Å². The van der Waals surface area contributed by atoms with Gasteiger partial charge in [0.1, 0.15) is 5.69 Å². The molecular weight excluding hydrogens is 301 g/mol. The summed E-state index contributed by atoms with van der Waals surface area (Å²) in [6.07, 6.45) is -4.37. The molecule has 0 bridgehead atoms. The van der Waals surface area contributed by atoms with E-state index < -0.39 is 11.7 Å². The third kappa shape index (κ3) is 2.44. The van der Waals surface area contributed by atoms with Crippen LogP contribution in [0.15, 0.2) is 33.3 Å². The summed E-state index contributed by atoms with van der Waals surface area (Å²) in [4.78, 5) is 0. The molecule has 0 saturated heterocycles. The Balaban J connectivity index is 2.45. The first-order valence-corrected chi connectivity index (χ1v) is 5.26. The van der Waals surface area contributed by atoms with Crippen LogP contribution in [0.25, 0.3) is 11.3 Å². The Kier molecular flexibility index (Phi) is 2.86. The predicted molar refractivity (Wildman–Crippen MR) is 59.1 cm³/mol. The third-order valence-corrected chi connectivity index (χ3v) is 2.76. The van der Waals surface area contributed by atoms with Crippen molar-refractivity contribution in [2.75, 3.05) is 5.73 Å². The molecule has 1 aromatic carbocycles. The quantitative estimate of drug-likeness (QED) is 0.874. The van der Waals surface area contributed by atoms with Gasteiger partial charge in [-0.3, -0.25) is 0 Å². The number of nitrogens with two attached hydrogens (primary N) is 1. The SMILES string of the molecule is Nc1cc(-c2ccc(C(F)(F)F)cc2Br)no1. The van der Waals surface area contributed by atoms with Crippen LogP contribution < -0.4 is 5.73 Å². The van der Waals surface area contributed by atoms with Crippen molar-refractivity contribution in [3.05, 3.63) is 34.3 Å². The molecule has 2 rings (SSSR count). The smallest absolute Gasteiger partial charge is 0.368 e. The molecule has 0 spiro atoms.